The number of aryl methyl sites for hydroxylation is 1. The van der Waals surface area contributed by atoms with E-state index in [0.29, 0.717) is 23.0 Å². The molecule has 0 bridgehead atoms. The van der Waals surface area contributed by atoms with Gasteiger partial charge in [0.2, 0.25) is 5.78 Å². The number of hydrogen-bond acceptors (Lipinski definition) is 4. The van der Waals surface area contributed by atoms with Crippen molar-refractivity contribution >= 4 is 17.4 Å². The second kappa shape index (κ2) is 5.18. The van der Waals surface area contributed by atoms with Crippen molar-refractivity contribution in [1.82, 2.24) is 14.8 Å². The third kappa shape index (κ3) is 2.09. The van der Waals surface area contributed by atoms with E-state index in [-0.39, 0.29) is 11.5 Å². The van der Waals surface area contributed by atoms with Gasteiger partial charge in [-0.2, -0.15) is 5.10 Å². The molecule has 2 heterocycles. The van der Waals surface area contributed by atoms with Crippen LogP contribution in [0.15, 0.2) is 24.5 Å². The molecule has 5 nitrogen and oxygen atoms in total. The Balaban J connectivity index is 2.52. The van der Waals surface area contributed by atoms with Crippen LogP contribution in [0.4, 0.5) is 0 Å². The van der Waals surface area contributed by atoms with Crippen molar-refractivity contribution in [3.05, 3.63) is 40.9 Å². The fraction of sp³-hybridized carbons (Fsp3) is 0.250. The number of hydrogen-bond donors (Lipinski definition) is 0. The highest BCUT2D eigenvalue weighted by molar-refractivity contribution is 6.34. The van der Waals surface area contributed by atoms with E-state index in [1.54, 1.807) is 16.8 Å². The zero-order valence-corrected chi connectivity index (χ0v) is 10.8. The molecule has 0 spiro atoms. The molecule has 0 fully saturated rings. The van der Waals surface area contributed by atoms with Crippen LogP contribution in [0.5, 0.6) is 5.75 Å². The van der Waals surface area contributed by atoms with Gasteiger partial charge in [0.25, 0.3) is 0 Å². The van der Waals surface area contributed by atoms with Gasteiger partial charge in [0.15, 0.2) is 11.4 Å². The highest BCUT2D eigenvalue weighted by Gasteiger charge is 2.23. The first-order chi connectivity index (χ1) is 8.69. The molecule has 0 aliphatic carbocycles. The zero-order chi connectivity index (χ0) is 13.1. The van der Waals surface area contributed by atoms with E-state index in [0.717, 1.165) is 0 Å². The molecule has 0 saturated carbocycles. The highest BCUT2D eigenvalue weighted by Crippen LogP contribution is 2.23. The van der Waals surface area contributed by atoms with E-state index in [9.17, 15) is 4.79 Å². The van der Waals surface area contributed by atoms with Crippen LogP contribution in [0.2, 0.25) is 5.02 Å². The first-order valence-electron chi connectivity index (χ1n) is 5.44. The lowest BCUT2D eigenvalue weighted by Gasteiger charge is -2.06. The standard InChI is InChI=1S/C12H12ClN3O2/c1-3-16-11(9(18-2)7-15-16)12(17)10-8(13)5-4-6-14-10/h4-7H,3H2,1-2H3. The summed E-state index contributed by atoms with van der Waals surface area (Å²) in [5.41, 5.74) is 0.563. The third-order valence-corrected chi connectivity index (χ3v) is 2.82. The van der Waals surface area contributed by atoms with Crippen molar-refractivity contribution < 1.29 is 9.53 Å². The van der Waals surface area contributed by atoms with Gasteiger partial charge in [-0.25, -0.2) is 0 Å². The summed E-state index contributed by atoms with van der Waals surface area (Å²) in [6.07, 6.45) is 3.03. The Hall–Kier alpha value is -1.88. The van der Waals surface area contributed by atoms with E-state index in [1.165, 1.54) is 19.5 Å². The monoisotopic (exact) mass is 265 g/mol. The van der Waals surface area contributed by atoms with E-state index < -0.39 is 0 Å². The largest absolute Gasteiger partial charge is 0.493 e. The Morgan fingerprint density at radius 1 is 1.56 bits per heavy atom. The zero-order valence-electron chi connectivity index (χ0n) is 10.1. The average molecular weight is 266 g/mol. The van der Waals surface area contributed by atoms with E-state index in [2.05, 4.69) is 10.1 Å². The molecule has 0 aliphatic rings. The predicted octanol–water partition coefficient (Wildman–Crippen LogP) is 2.19. The minimum absolute atomic E-state index is 0.202. The summed E-state index contributed by atoms with van der Waals surface area (Å²) >= 11 is 5.97. The lowest BCUT2D eigenvalue weighted by molar-refractivity contribution is 0.102. The topological polar surface area (TPSA) is 57.0 Å². The van der Waals surface area contributed by atoms with Crippen LogP contribution in [0.1, 0.15) is 23.1 Å². The number of nitrogens with zero attached hydrogens (tertiary/aromatic N) is 3. The van der Waals surface area contributed by atoms with Crippen molar-refractivity contribution in [2.75, 3.05) is 7.11 Å². The maximum Gasteiger partial charge on any atom is 0.234 e. The van der Waals surface area contributed by atoms with Crippen molar-refractivity contribution in [2.24, 2.45) is 0 Å². The molecule has 0 N–H and O–H groups in total. The molecular weight excluding hydrogens is 254 g/mol. The van der Waals surface area contributed by atoms with E-state index in [4.69, 9.17) is 16.3 Å². The lowest BCUT2D eigenvalue weighted by atomic mass is 10.2. The summed E-state index contributed by atoms with van der Waals surface area (Å²) in [5.74, 6) is 0.125. The van der Waals surface area contributed by atoms with Gasteiger partial charge in [-0.1, -0.05) is 11.6 Å². The molecule has 0 aliphatic heterocycles. The minimum atomic E-state index is -0.295. The summed E-state index contributed by atoms with van der Waals surface area (Å²) < 4.78 is 6.70. The van der Waals surface area contributed by atoms with Gasteiger partial charge in [0, 0.05) is 12.7 Å². The summed E-state index contributed by atoms with van der Waals surface area (Å²) in [4.78, 5) is 16.4. The number of pyridine rings is 1. The number of ether oxygens (including phenoxy) is 1. The average Bonchev–Trinajstić information content (AvgIpc) is 2.81. The number of carbonyl (C=O) groups is 1. The Labute approximate surface area is 109 Å². The van der Waals surface area contributed by atoms with Crippen LogP contribution in [0, 0.1) is 0 Å². The quantitative estimate of drug-likeness (QED) is 0.795. The van der Waals surface area contributed by atoms with Gasteiger partial charge >= 0.3 is 0 Å². The second-order valence-electron chi connectivity index (χ2n) is 3.54. The molecule has 0 saturated heterocycles. The van der Waals surface area contributed by atoms with Crippen molar-refractivity contribution in [2.45, 2.75) is 13.5 Å². The van der Waals surface area contributed by atoms with Crippen LogP contribution in [-0.4, -0.2) is 27.7 Å². The van der Waals surface area contributed by atoms with E-state index >= 15 is 0 Å². The molecule has 2 rings (SSSR count). The molecule has 0 unspecified atom stereocenters. The number of rotatable bonds is 4. The Kier molecular flexibility index (Phi) is 3.62. The Bertz CT molecular complexity index is 559. The fourth-order valence-electron chi connectivity index (χ4n) is 1.65. The number of halogens is 1. The molecular formula is C12H12ClN3O2. The van der Waals surface area contributed by atoms with Gasteiger partial charge < -0.3 is 4.74 Å². The van der Waals surface area contributed by atoms with Gasteiger partial charge in [0.1, 0.15) is 5.69 Å². The normalized spacial score (nSPS) is 10.4. The second-order valence-corrected chi connectivity index (χ2v) is 3.95. The molecule has 2 aromatic rings. The van der Waals surface area contributed by atoms with Crippen LogP contribution >= 0.6 is 11.6 Å². The highest BCUT2D eigenvalue weighted by atomic mass is 35.5. The van der Waals surface area contributed by atoms with Crippen LogP contribution in [-0.2, 0) is 6.54 Å². The first kappa shape index (κ1) is 12.6. The molecule has 18 heavy (non-hydrogen) atoms. The van der Waals surface area contributed by atoms with Crippen LogP contribution in [0.3, 0.4) is 0 Å². The van der Waals surface area contributed by atoms with Crippen LogP contribution < -0.4 is 4.74 Å². The lowest BCUT2D eigenvalue weighted by Crippen LogP contribution is -2.13. The molecule has 0 radical (unpaired) electrons. The maximum atomic E-state index is 12.4. The van der Waals surface area contributed by atoms with Crippen molar-refractivity contribution in [3.63, 3.8) is 0 Å². The number of carbonyl (C=O) groups excluding carboxylic acids is 1. The Morgan fingerprint density at radius 3 is 2.94 bits per heavy atom. The summed E-state index contributed by atoms with van der Waals surface area (Å²) in [5, 5.41) is 4.40. The van der Waals surface area contributed by atoms with Gasteiger partial charge in [0.05, 0.1) is 18.3 Å². The SMILES string of the molecule is CCn1ncc(OC)c1C(=O)c1ncccc1Cl. The molecule has 94 valence electrons. The molecule has 0 amide bonds. The minimum Gasteiger partial charge on any atom is -0.493 e. The summed E-state index contributed by atoms with van der Waals surface area (Å²) in [6, 6.07) is 3.30. The number of methoxy groups -OCH3 is 1. The van der Waals surface area contributed by atoms with Crippen molar-refractivity contribution in [1.29, 1.82) is 0 Å². The number of aromatic nitrogens is 3. The fourth-order valence-corrected chi connectivity index (χ4v) is 1.86. The predicted molar refractivity (Wildman–Crippen MR) is 67.1 cm³/mol. The first-order valence-corrected chi connectivity index (χ1v) is 5.81. The molecule has 0 aromatic carbocycles. The maximum absolute atomic E-state index is 12.4. The van der Waals surface area contributed by atoms with Crippen molar-refractivity contribution in [3.8, 4) is 5.75 Å². The third-order valence-electron chi connectivity index (χ3n) is 2.51. The van der Waals surface area contributed by atoms with E-state index in [1.807, 2.05) is 6.92 Å². The van der Waals surface area contributed by atoms with Gasteiger partial charge in [-0.3, -0.25) is 14.5 Å². The van der Waals surface area contributed by atoms with Gasteiger partial charge in [-0.05, 0) is 19.1 Å². The molecule has 0 atom stereocenters. The summed E-state index contributed by atoms with van der Waals surface area (Å²) in [6.45, 7) is 2.46. The smallest absolute Gasteiger partial charge is 0.234 e. The molecule has 2 aromatic heterocycles. The van der Waals surface area contributed by atoms with Crippen LogP contribution in [0.25, 0.3) is 0 Å². The number of ketones is 1. The van der Waals surface area contributed by atoms with Gasteiger partial charge in [-0.15, -0.1) is 0 Å². The summed E-state index contributed by atoms with van der Waals surface area (Å²) in [7, 11) is 1.49. The molecule has 6 heteroatoms. The Morgan fingerprint density at radius 2 is 2.33 bits per heavy atom.